The van der Waals surface area contributed by atoms with E-state index in [0.717, 1.165) is 12.3 Å². The standard InChI is InChI=1S/C11H22O.C7H14/c1-4-8-11(2,3)10(12)9-6-5-7-9;1-7-5-3-2-4-6-7/h9-10,12H,4-8H2,1-3H3;7H,2-6H2,1H3. The first-order chi connectivity index (χ1) is 8.97. The van der Waals surface area contributed by atoms with E-state index in [1.807, 2.05) is 0 Å². The molecule has 1 heteroatoms. The Morgan fingerprint density at radius 1 is 1.00 bits per heavy atom. The molecule has 0 aromatic carbocycles. The van der Waals surface area contributed by atoms with E-state index in [-0.39, 0.29) is 11.5 Å². The molecule has 1 atom stereocenters. The lowest BCUT2D eigenvalue weighted by Gasteiger charge is -2.40. The molecule has 0 heterocycles. The van der Waals surface area contributed by atoms with Crippen molar-refractivity contribution in [3.8, 4) is 0 Å². The molecule has 0 saturated heterocycles. The Labute approximate surface area is 121 Å². The molecular weight excluding hydrogens is 232 g/mol. The molecule has 1 N–H and O–H groups in total. The lowest BCUT2D eigenvalue weighted by Crippen LogP contribution is -2.39. The normalized spacial score (nSPS) is 23.2. The van der Waals surface area contributed by atoms with Crippen molar-refractivity contribution >= 4 is 0 Å². The maximum atomic E-state index is 10.0. The van der Waals surface area contributed by atoms with Gasteiger partial charge in [-0.2, -0.15) is 0 Å². The van der Waals surface area contributed by atoms with Gasteiger partial charge in [0.1, 0.15) is 0 Å². The topological polar surface area (TPSA) is 20.2 Å². The molecule has 0 aliphatic heterocycles. The third-order valence-electron chi connectivity index (χ3n) is 5.19. The molecule has 1 unspecified atom stereocenters. The first-order valence-corrected chi connectivity index (χ1v) is 8.65. The molecule has 0 aromatic rings. The molecule has 0 bridgehead atoms. The Kier molecular flexibility index (Phi) is 7.42. The van der Waals surface area contributed by atoms with Crippen molar-refractivity contribution < 1.29 is 5.11 Å². The van der Waals surface area contributed by atoms with Crippen molar-refractivity contribution in [3.05, 3.63) is 0 Å². The molecule has 19 heavy (non-hydrogen) atoms. The fraction of sp³-hybridized carbons (Fsp3) is 1.00. The van der Waals surface area contributed by atoms with Gasteiger partial charge in [-0.05, 0) is 36.5 Å². The summed E-state index contributed by atoms with van der Waals surface area (Å²) in [6, 6.07) is 0. The second-order valence-corrected chi connectivity index (χ2v) is 7.62. The SMILES string of the molecule is CC1CCCCC1.CCCC(C)(C)C(O)C1CCC1. The third-order valence-corrected chi connectivity index (χ3v) is 5.19. The highest BCUT2D eigenvalue weighted by atomic mass is 16.3. The molecular formula is C18H36O. The van der Waals surface area contributed by atoms with Crippen LogP contribution < -0.4 is 0 Å². The van der Waals surface area contributed by atoms with E-state index in [2.05, 4.69) is 27.7 Å². The van der Waals surface area contributed by atoms with Crippen LogP contribution in [0.1, 0.15) is 91.9 Å². The summed E-state index contributed by atoms with van der Waals surface area (Å²) in [5, 5.41) is 10.0. The van der Waals surface area contributed by atoms with Crippen LogP contribution >= 0.6 is 0 Å². The molecule has 0 radical (unpaired) electrons. The molecule has 1 nitrogen and oxygen atoms in total. The van der Waals surface area contributed by atoms with Crippen LogP contribution in [0, 0.1) is 17.3 Å². The van der Waals surface area contributed by atoms with Gasteiger partial charge in [-0.3, -0.25) is 0 Å². The monoisotopic (exact) mass is 268 g/mol. The summed E-state index contributed by atoms with van der Waals surface area (Å²) >= 11 is 0. The van der Waals surface area contributed by atoms with E-state index in [0.29, 0.717) is 5.92 Å². The Hall–Kier alpha value is -0.0400. The van der Waals surface area contributed by atoms with Gasteiger partial charge in [-0.15, -0.1) is 0 Å². The zero-order valence-corrected chi connectivity index (χ0v) is 13.8. The third kappa shape index (κ3) is 5.85. The number of rotatable bonds is 4. The number of aliphatic hydroxyl groups is 1. The Bertz CT molecular complexity index is 224. The summed E-state index contributed by atoms with van der Waals surface area (Å²) in [6.45, 7) is 8.94. The maximum Gasteiger partial charge on any atom is 0.0619 e. The van der Waals surface area contributed by atoms with Gasteiger partial charge in [-0.1, -0.05) is 72.6 Å². The van der Waals surface area contributed by atoms with Crippen molar-refractivity contribution in [2.24, 2.45) is 17.3 Å². The first-order valence-electron chi connectivity index (χ1n) is 8.65. The average molecular weight is 268 g/mol. The van der Waals surface area contributed by atoms with Crippen molar-refractivity contribution in [2.45, 2.75) is 98.0 Å². The minimum Gasteiger partial charge on any atom is -0.392 e. The van der Waals surface area contributed by atoms with Crippen LogP contribution in [0.15, 0.2) is 0 Å². The van der Waals surface area contributed by atoms with Crippen molar-refractivity contribution in [1.82, 2.24) is 0 Å². The predicted molar refractivity (Wildman–Crippen MR) is 84.3 cm³/mol. The molecule has 0 amide bonds. The van der Waals surface area contributed by atoms with Crippen LogP contribution in [0.3, 0.4) is 0 Å². The first kappa shape index (κ1) is 17.0. The summed E-state index contributed by atoms with van der Waals surface area (Å²) in [7, 11) is 0. The highest BCUT2D eigenvalue weighted by Gasteiger charge is 2.36. The van der Waals surface area contributed by atoms with E-state index in [1.54, 1.807) is 0 Å². The van der Waals surface area contributed by atoms with E-state index in [9.17, 15) is 5.11 Å². The minimum atomic E-state index is -0.0637. The Morgan fingerprint density at radius 3 is 1.89 bits per heavy atom. The van der Waals surface area contributed by atoms with Gasteiger partial charge in [0.2, 0.25) is 0 Å². The fourth-order valence-corrected chi connectivity index (χ4v) is 3.49. The van der Waals surface area contributed by atoms with E-state index >= 15 is 0 Å². The highest BCUT2D eigenvalue weighted by molar-refractivity contribution is 4.86. The molecule has 2 saturated carbocycles. The maximum absolute atomic E-state index is 10.0. The van der Waals surface area contributed by atoms with Crippen LogP contribution in [-0.2, 0) is 0 Å². The summed E-state index contributed by atoms with van der Waals surface area (Å²) in [5.41, 5.74) is 0.139. The van der Waals surface area contributed by atoms with Crippen molar-refractivity contribution in [2.75, 3.05) is 0 Å². The quantitative estimate of drug-likeness (QED) is 0.707. The van der Waals surface area contributed by atoms with Crippen LogP contribution in [0.5, 0.6) is 0 Å². The van der Waals surface area contributed by atoms with Gasteiger partial charge < -0.3 is 5.11 Å². The molecule has 114 valence electrons. The molecule has 2 aliphatic carbocycles. The number of hydrogen-bond donors (Lipinski definition) is 1. The zero-order chi connectivity index (χ0) is 14.3. The fourth-order valence-electron chi connectivity index (χ4n) is 3.49. The van der Waals surface area contributed by atoms with Gasteiger partial charge >= 0.3 is 0 Å². The summed E-state index contributed by atoms with van der Waals surface area (Å²) in [6.07, 6.45) is 13.5. The average Bonchev–Trinajstić information content (AvgIpc) is 2.28. The molecule has 0 aromatic heterocycles. The van der Waals surface area contributed by atoms with Crippen molar-refractivity contribution in [3.63, 3.8) is 0 Å². The van der Waals surface area contributed by atoms with Gasteiger partial charge in [0.15, 0.2) is 0 Å². The summed E-state index contributed by atoms with van der Waals surface area (Å²) in [4.78, 5) is 0. The number of hydrogen-bond acceptors (Lipinski definition) is 1. The number of aliphatic hydroxyl groups excluding tert-OH is 1. The Balaban J connectivity index is 0.000000218. The van der Waals surface area contributed by atoms with Gasteiger partial charge in [0.05, 0.1) is 6.10 Å². The largest absolute Gasteiger partial charge is 0.392 e. The molecule has 2 fully saturated rings. The molecule has 2 rings (SSSR count). The van der Waals surface area contributed by atoms with Crippen LogP contribution in [0.2, 0.25) is 0 Å². The highest BCUT2D eigenvalue weighted by Crippen LogP contribution is 2.39. The van der Waals surface area contributed by atoms with Crippen LogP contribution in [0.4, 0.5) is 0 Å². The Morgan fingerprint density at radius 2 is 1.58 bits per heavy atom. The predicted octanol–water partition coefficient (Wildman–Crippen LogP) is 5.56. The van der Waals surface area contributed by atoms with E-state index in [1.165, 1.54) is 57.8 Å². The van der Waals surface area contributed by atoms with Gasteiger partial charge in [0.25, 0.3) is 0 Å². The second kappa shape index (κ2) is 8.29. The minimum absolute atomic E-state index is 0.0637. The summed E-state index contributed by atoms with van der Waals surface area (Å²) < 4.78 is 0. The van der Waals surface area contributed by atoms with Crippen LogP contribution in [-0.4, -0.2) is 11.2 Å². The smallest absolute Gasteiger partial charge is 0.0619 e. The van der Waals surface area contributed by atoms with Gasteiger partial charge in [-0.25, -0.2) is 0 Å². The summed E-state index contributed by atoms with van der Waals surface area (Å²) in [5.74, 6) is 1.64. The lowest BCUT2D eigenvalue weighted by atomic mass is 9.69. The van der Waals surface area contributed by atoms with Crippen molar-refractivity contribution in [1.29, 1.82) is 0 Å². The molecule has 2 aliphatic rings. The lowest BCUT2D eigenvalue weighted by molar-refractivity contribution is -0.0313. The molecule has 0 spiro atoms. The van der Waals surface area contributed by atoms with Crippen LogP contribution in [0.25, 0.3) is 0 Å². The zero-order valence-electron chi connectivity index (χ0n) is 13.8. The van der Waals surface area contributed by atoms with E-state index < -0.39 is 0 Å². The van der Waals surface area contributed by atoms with E-state index in [4.69, 9.17) is 0 Å². The van der Waals surface area contributed by atoms with Gasteiger partial charge in [0, 0.05) is 0 Å². The second-order valence-electron chi connectivity index (χ2n) is 7.62.